The molecule has 0 aliphatic rings. The van der Waals surface area contributed by atoms with Gasteiger partial charge >= 0.3 is 0 Å². The van der Waals surface area contributed by atoms with Crippen LogP contribution in [0.15, 0.2) is 47.1 Å². The van der Waals surface area contributed by atoms with E-state index in [9.17, 15) is 4.39 Å². The van der Waals surface area contributed by atoms with Crippen molar-refractivity contribution in [3.05, 3.63) is 58.4 Å². The van der Waals surface area contributed by atoms with Crippen LogP contribution in [0.25, 0.3) is 0 Å². The SMILES string of the molecule is CCC(Nc1ncc(Br)cc1F)c1ccccc1. The first kappa shape index (κ1) is 13.0. The Morgan fingerprint density at radius 3 is 2.67 bits per heavy atom. The number of pyridine rings is 1. The highest BCUT2D eigenvalue weighted by Crippen LogP contribution is 2.24. The normalized spacial score (nSPS) is 12.2. The molecule has 4 heteroatoms. The first-order valence-corrected chi connectivity index (χ1v) is 6.62. The summed E-state index contributed by atoms with van der Waals surface area (Å²) in [5.41, 5.74) is 1.13. The molecule has 0 saturated heterocycles. The highest BCUT2D eigenvalue weighted by Gasteiger charge is 2.12. The summed E-state index contributed by atoms with van der Waals surface area (Å²) in [6.45, 7) is 2.06. The van der Waals surface area contributed by atoms with E-state index in [4.69, 9.17) is 0 Å². The summed E-state index contributed by atoms with van der Waals surface area (Å²) in [7, 11) is 0. The summed E-state index contributed by atoms with van der Waals surface area (Å²) < 4.78 is 14.3. The predicted molar refractivity (Wildman–Crippen MR) is 75.0 cm³/mol. The van der Waals surface area contributed by atoms with Crippen molar-refractivity contribution in [2.75, 3.05) is 5.32 Å². The van der Waals surface area contributed by atoms with E-state index in [1.54, 1.807) is 6.20 Å². The van der Waals surface area contributed by atoms with Crippen LogP contribution in [0, 0.1) is 5.82 Å². The van der Waals surface area contributed by atoms with E-state index in [0.717, 1.165) is 12.0 Å². The summed E-state index contributed by atoms with van der Waals surface area (Å²) in [4.78, 5) is 4.06. The number of benzene rings is 1. The van der Waals surface area contributed by atoms with Gasteiger partial charge < -0.3 is 5.32 Å². The van der Waals surface area contributed by atoms with Crippen molar-refractivity contribution < 1.29 is 4.39 Å². The van der Waals surface area contributed by atoms with Crippen molar-refractivity contribution in [3.8, 4) is 0 Å². The Morgan fingerprint density at radius 1 is 1.33 bits per heavy atom. The summed E-state index contributed by atoms with van der Waals surface area (Å²) >= 11 is 3.19. The Balaban J connectivity index is 2.21. The van der Waals surface area contributed by atoms with E-state index in [0.29, 0.717) is 4.47 Å². The van der Waals surface area contributed by atoms with Gasteiger partial charge in [-0.05, 0) is 34.0 Å². The fourth-order valence-corrected chi connectivity index (χ4v) is 2.10. The lowest BCUT2D eigenvalue weighted by Gasteiger charge is -2.18. The second-order valence-corrected chi connectivity index (χ2v) is 4.92. The monoisotopic (exact) mass is 308 g/mol. The number of halogens is 2. The highest BCUT2D eigenvalue weighted by molar-refractivity contribution is 9.10. The summed E-state index contributed by atoms with van der Waals surface area (Å²) in [5, 5.41) is 3.13. The molecule has 1 aromatic heterocycles. The summed E-state index contributed by atoms with van der Waals surface area (Å²) in [5.74, 6) is -0.0624. The van der Waals surface area contributed by atoms with Gasteiger partial charge in [-0.2, -0.15) is 0 Å². The van der Waals surface area contributed by atoms with Crippen molar-refractivity contribution in [3.63, 3.8) is 0 Å². The quantitative estimate of drug-likeness (QED) is 0.896. The van der Waals surface area contributed by atoms with Crippen molar-refractivity contribution in [2.24, 2.45) is 0 Å². The van der Waals surface area contributed by atoms with E-state index in [-0.39, 0.29) is 17.7 Å². The van der Waals surface area contributed by atoms with E-state index in [2.05, 4.69) is 33.2 Å². The third-order valence-corrected chi connectivity index (χ3v) is 3.16. The molecular formula is C14H14BrFN2. The smallest absolute Gasteiger partial charge is 0.166 e. The van der Waals surface area contributed by atoms with Crippen LogP contribution >= 0.6 is 15.9 Å². The molecule has 2 rings (SSSR count). The van der Waals surface area contributed by atoms with Crippen LogP contribution in [0.1, 0.15) is 24.9 Å². The minimum atomic E-state index is -0.348. The molecule has 18 heavy (non-hydrogen) atoms. The molecule has 1 N–H and O–H groups in total. The number of nitrogens with zero attached hydrogens (tertiary/aromatic N) is 1. The third-order valence-electron chi connectivity index (χ3n) is 2.73. The van der Waals surface area contributed by atoms with Gasteiger partial charge in [0.05, 0.1) is 6.04 Å². The number of hydrogen-bond donors (Lipinski definition) is 1. The zero-order valence-electron chi connectivity index (χ0n) is 10.0. The third kappa shape index (κ3) is 3.07. The zero-order chi connectivity index (χ0) is 13.0. The molecule has 0 aliphatic heterocycles. The maximum absolute atomic E-state index is 13.7. The molecule has 1 heterocycles. The van der Waals surface area contributed by atoms with Crippen LogP contribution in [-0.4, -0.2) is 4.98 Å². The van der Waals surface area contributed by atoms with Crippen molar-refractivity contribution in [2.45, 2.75) is 19.4 Å². The van der Waals surface area contributed by atoms with Gasteiger partial charge in [-0.15, -0.1) is 0 Å². The maximum Gasteiger partial charge on any atom is 0.166 e. The summed E-state index contributed by atoms with van der Waals surface area (Å²) in [6.07, 6.45) is 2.45. The second kappa shape index (κ2) is 5.96. The second-order valence-electron chi connectivity index (χ2n) is 4.00. The molecular weight excluding hydrogens is 295 g/mol. The van der Waals surface area contributed by atoms with Crippen molar-refractivity contribution in [1.29, 1.82) is 0 Å². The van der Waals surface area contributed by atoms with Crippen molar-refractivity contribution >= 4 is 21.7 Å². The number of rotatable bonds is 4. The van der Waals surface area contributed by atoms with Crippen LogP contribution in [0.2, 0.25) is 0 Å². The Kier molecular flexibility index (Phi) is 4.31. The lowest BCUT2D eigenvalue weighted by atomic mass is 10.0. The molecule has 1 unspecified atom stereocenters. The highest BCUT2D eigenvalue weighted by atomic mass is 79.9. The lowest BCUT2D eigenvalue weighted by Crippen LogP contribution is -2.11. The van der Waals surface area contributed by atoms with Gasteiger partial charge in [-0.1, -0.05) is 37.3 Å². The molecule has 0 bridgehead atoms. The fourth-order valence-electron chi connectivity index (χ4n) is 1.79. The standard InChI is InChI=1S/C14H14BrFN2/c1-2-13(10-6-4-3-5-7-10)18-14-12(16)8-11(15)9-17-14/h3-9,13H,2H2,1H3,(H,17,18). The minimum Gasteiger partial charge on any atom is -0.361 e. The molecule has 0 radical (unpaired) electrons. The molecule has 0 amide bonds. The number of anilines is 1. The van der Waals surface area contributed by atoms with Gasteiger partial charge in [0.1, 0.15) is 0 Å². The summed E-state index contributed by atoms with van der Waals surface area (Å²) in [6, 6.07) is 11.4. The van der Waals surface area contributed by atoms with Gasteiger partial charge in [0, 0.05) is 10.7 Å². The van der Waals surface area contributed by atoms with Gasteiger partial charge in [0.15, 0.2) is 11.6 Å². The van der Waals surface area contributed by atoms with Crippen LogP contribution < -0.4 is 5.32 Å². The van der Waals surface area contributed by atoms with E-state index >= 15 is 0 Å². The largest absolute Gasteiger partial charge is 0.361 e. The Labute approximate surface area is 114 Å². The number of nitrogens with one attached hydrogen (secondary N) is 1. The van der Waals surface area contributed by atoms with Crippen LogP contribution in [0.5, 0.6) is 0 Å². The first-order valence-electron chi connectivity index (χ1n) is 5.83. The van der Waals surface area contributed by atoms with Crippen LogP contribution in [0.3, 0.4) is 0 Å². The van der Waals surface area contributed by atoms with E-state index in [1.165, 1.54) is 6.07 Å². The molecule has 0 fully saturated rings. The van der Waals surface area contributed by atoms with Gasteiger partial charge in [0.2, 0.25) is 0 Å². The van der Waals surface area contributed by atoms with Gasteiger partial charge in [-0.25, -0.2) is 9.37 Å². The van der Waals surface area contributed by atoms with Crippen LogP contribution in [-0.2, 0) is 0 Å². The zero-order valence-corrected chi connectivity index (χ0v) is 11.6. The topological polar surface area (TPSA) is 24.9 Å². The van der Waals surface area contributed by atoms with Gasteiger partial charge in [0.25, 0.3) is 0 Å². The number of aromatic nitrogens is 1. The number of hydrogen-bond acceptors (Lipinski definition) is 2. The molecule has 94 valence electrons. The molecule has 1 aromatic carbocycles. The fraction of sp³-hybridized carbons (Fsp3) is 0.214. The van der Waals surface area contributed by atoms with Crippen molar-refractivity contribution in [1.82, 2.24) is 4.98 Å². The Morgan fingerprint density at radius 2 is 2.06 bits per heavy atom. The van der Waals surface area contributed by atoms with E-state index < -0.39 is 0 Å². The predicted octanol–water partition coefficient (Wildman–Crippen LogP) is 4.55. The molecule has 0 spiro atoms. The molecule has 2 aromatic rings. The molecule has 0 saturated carbocycles. The molecule has 2 nitrogen and oxygen atoms in total. The average Bonchev–Trinajstić information content (AvgIpc) is 2.39. The first-order chi connectivity index (χ1) is 8.70. The molecule has 1 atom stereocenters. The average molecular weight is 309 g/mol. The molecule has 0 aliphatic carbocycles. The lowest BCUT2D eigenvalue weighted by molar-refractivity contribution is 0.616. The van der Waals surface area contributed by atoms with Crippen LogP contribution in [0.4, 0.5) is 10.2 Å². The maximum atomic E-state index is 13.7. The minimum absolute atomic E-state index is 0.0642. The van der Waals surface area contributed by atoms with Gasteiger partial charge in [-0.3, -0.25) is 0 Å². The Bertz CT molecular complexity index is 516. The Hall–Kier alpha value is -1.42. The van der Waals surface area contributed by atoms with E-state index in [1.807, 2.05) is 30.3 Å².